The van der Waals surface area contributed by atoms with Gasteiger partial charge in [-0.1, -0.05) is 0 Å². The SMILES string of the molecule is CN1CC[C@@]2(CCCN(C(=O)c3ccco3)C2)C1. The topological polar surface area (TPSA) is 36.7 Å². The number of carbonyl (C=O) groups is 1. The first-order valence-corrected chi connectivity index (χ1v) is 6.70. The van der Waals surface area contributed by atoms with Gasteiger partial charge in [0.25, 0.3) is 5.91 Å². The third-order valence-corrected chi connectivity index (χ3v) is 4.31. The van der Waals surface area contributed by atoms with E-state index in [1.165, 1.54) is 12.8 Å². The summed E-state index contributed by atoms with van der Waals surface area (Å²) in [5.74, 6) is 0.520. The van der Waals surface area contributed by atoms with Gasteiger partial charge in [-0.3, -0.25) is 4.79 Å². The molecule has 0 saturated carbocycles. The van der Waals surface area contributed by atoms with Crippen molar-refractivity contribution in [3.8, 4) is 0 Å². The minimum atomic E-state index is 0.0497. The fourth-order valence-corrected chi connectivity index (χ4v) is 3.43. The second kappa shape index (κ2) is 4.43. The number of carbonyl (C=O) groups excluding carboxylic acids is 1. The summed E-state index contributed by atoms with van der Waals surface area (Å²) >= 11 is 0. The lowest BCUT2D eigenvalue weighted by Crippen LogP contribution is -2.47. The number of rotatable bonds is 1. The molecule has 2 aliphatic heterocycles. The van der Waals surface area contributed by atoms with E-state index >= 15 is 0 Å². The molecule has 3 heterocycles. The molecule has 2 fully saturated rings. The van der Waals surface area contributed by atoms with E-state index in [1.807, 2.05) is 4.90 Å². The summed E-state index contributed by atoms with van der Waals surface area (Å²) < 4.78 is 5.22. The first-order valence-electron chi connectivity index (χ1n) is 6.70. The maximum absolute atomic E-state index is 12.3. The van der Waals surface area contributed by atoms with E-state index in [9.17, 15) is 4.79 Å². The van der Waals surface area contributed by atoms with E-state index < -0.39 is 0 Å². The van der Waals surface area contributed by atoms with Gasteiger partial charge in [-0.25, -0.2) is 0 Å². The lowest BCUT2D eigenvalue weighted by molar-refractivity contribution is 0.0505. The van der Waals surface area contributed by atoms with Gasteiger partial charge >= 0.3 is 0 Å². The van der Waals surface area contributed by atoms with Crippen LogP contribution in [-0.2, 0) is 0 Å². The molecule has 1 spiro atoms. The van der Waals surface area contributed by atoms with Crippen molar-refractivity contribution in [2.45, 2.75) is 19.3 Å². The second-order valence-electron chi connectivity index (χ2n) is 5.80. The summed E-state index contributed by atoms with van der Waals surface area (Å²) in [6.45, 7) is 4.03. The Labute approximate surface area is 108 Å². The number of piperidine rings is 1. The van der Waals surface area contributed by atoms with E-state index in [1.54, 1.807) is 18.4 Å². The Hall–Kier alpha value is -1.29. The Bertz CT molecular complexity index is 425. The van der Waals surface area contributed by atoms with Crippen LogP contribution in [0.4, 0.5) is 0 Å². The Morgan fingerprint density at radius 2 is 2.22 bits per heavy atom. The van der Waals surface area contributed by atoms with Crippen molar-refractivity contribution < 1.29 is 9.21 Å². The molecule has 1 atom stereocenters. The zero-order chi connectivity index (χ0) is 12.6. The maximum atomic E-state index is 12.3. The molecule has 1 amide bonds. The van der Waals surface area contributed by atoms with Gasteiger partial charge in [0.2, 0.25) is 0 Å². The summed E-state index contributed by atoms with van der Waals surface area (Å²) in [4.78, 5) is 16.7. The highest BCUT2D eigenvalue weighted by molar-refractivity contribution is 5.91. The molecule has 1 aromatic heterocycles. The van der Waals surface area contributed by atoms with Crippen molar-refractivity contribution in [2.24, 2.45) is 5.41 Å². The highest BCUT2D eigenvalue weighted by Gasteiger charge is 2.41. The van der Waals surface area contributed by atoms with Crippen molar-refractivity contribution in [1.82, 2.24) is 9.80 Å². The molecule has 0 bridgehead atoms. The van der Waals surface area contributed by atoms with Crippen LogP contribution in [0.3, 0.4) is 0 Å². The summed E-state index contributed by atoms with van der Waals surface area (Å²) in [5.41, 5.74) is 0.329. The third-order valence-electron chi connectivity index (χ3n) is 4.31. The molecule has 4 heteroatoms. The fraction of sp³-hybridized carbons (Fsp3) is 0.643. The van der Waals surface area contributed by atoms with Crippen LogP contribution in [0, 0.1) is 5.41 Å². The van der Waals surface area contributed by atoms with Crippen molar-refractivity contribution in [2.75, 3.05) is 33.2 Å². The summed E-state index contributed by atoms with van der Waals surface area (Å²) in [6.07, 6.45) is 5.14. The highest BCUT2D eigenvalue weighted by atomic mass is 16.3. The van der Waals surface area contributed by atoms with E-state index in [4.69, 9.17) is 4.42 Å². The quantitative estimate of drug-likeness (QED) is 0.761. The van der Waals surface area contributed by atoms with Gasteiger partial charge in [-0.2, -0.15) is 0 Å². The average molecular weight is 248 g/mol. The van der Waals surface area contributed by atoms with Crippen molar-refractivity contribution in [3.63, 3.8) is 0 Å². The van der Waals surface area contributed by atoms with Crippen LogP contribution in [0.2, 0.25) is 0 Å². The van der Waals surface area contributed by atoms with Gasteiger partial charge < -0.3 is 14.2 Å². The average Bonchev–Trinajstić information content (AvgIpc) is 2.99. The van der Waals surface area contributed by atoms with Crippen LogP contribution in [0.1, 0.15) is 29.8 Å². The summed E-state index contributed by atoms with van der Waals surface area (Å²) in [7, 11) is 2.17. The molecule has 4 nitrogen and oxygen atoms in total. The molecule has 0 aromatic carbocycles. The molecule has 98 valence electrons. The van der Waals surface area contributed by atoms with Gasteiger partial charge in [0.1, 0.15) is 0 Å². The monoisotopic (exact) mass is 248 g/mol. The van der Waals surface area contributed by atoms with Gasteiger partial charge in [0, 0.05) is 25.0 Å². The predicted octanol–water partition coefficient (Wildman–Crippen LogP) is 1.84. The number of hydrogen-bond donors (Lipinski definition) is 0. The largest absolute Gasteiger partial charge is 0.459 e. The zero-order valence-electron chi connectivity index (χ0n) is 10.9. The van der Waals surface area contributed by atoms with E-state index in [2.05, 4.69) is 11.9 Å². The first kappa shape index (κ1) is 11.8. The minimum absolute atomic E-state index is 0.0497. The number of amides is 1. The van der Waals surface area contributed by atoms with E-state index in [-0.39, 0.29) is 5.91 Å². The lowest BCUT2D eigenvalue weighted by atomic mass is 9.79. The van der Waals surface area contributed by atoms with Crippen LogP contribution in [-0.4, -0.2) is 48.9 Å². The van der Waals surface area contributed by atoms with Crippen LogP contribution >= 0.6 is 0 Å². The van der Waals surface area contributed by atoms with Crippen LogP contribution < -0.4 is 0 Å². The third kappa shape index (κ3) is 2.05. The van der Waals surface area contributed by atoms with Crippen molar-refractivity contribution in [3.05, 3.63) is 24.2 Å². The normalized spacial score (nSPS) is 29.1. The number of furan rings is 1. The Balaban J connectivity index is 1.73. The number of hydrogen-bond acceptors (Lipinski definition) is 3. The second-order valence-corrected chi connectivity index (χ2v) is 5.80. The molecule has 0 unspecified atom stereocenters. The van der Waals surface area contributed by atoms with Gasteiger partial charge in [0.05, 0.1) is 6.26 Å². The van der Waals surface area contributed by atoms with Crippen molar-refractivity contribution in [1.29, 1.82) is 0 Å². The van der Waals surface area contributed by atoms with Crippen molar-refractivity contribution >= 4 is 5.91 Å². The highest BCUT2D eigenvalue weighted by Crippen LogP contribution is 2.38. The molecular weight excluding hydrogens is 228 g/mol. The van der Waals surface area contributed by atoms with Gasteiger partial charge in [-0.05, 0) is 45.0 Å². The number of likely N-dealkylation sites (tertiary alicyclic amines) is 2. The smallest absolute Gasteiger partial charge is 0.289 e. The van der Waals surface area contributed by atoms with E-state index in [0.717, 1.165) is 32.6 Å². The molecule has 1 aromatic rings. The molecule has 2 saturated heterocycles. The fourth-order valence-electron chi connectivity index (χ4n) is 3.43. The molecular formula is C14H20N2O2. The maximum Gasteiger partial charge on any atom is 0.289 e. The summed E-state index contributed by atoms with van der Waals surface area (Å²) in [6, 6.07) is 3.53. The molecule has 18 heavy (non-hydrogen) atoms. The Kier molecular flexibility index (Phi) is 2.90. The predicted molar refractivity (Wildman–Crippen MR) is 68.4 cm³/mol. The molecule has 0 aliphatic carbocycles. The van der Waals surface area contributed by atoms with Gasteiger partial charge in [-0.15, -0.1) is 0 Å². The minimum Gasteiger partial charge on any atom is -0.459 e. The van der Waals surface area contributed by atoms with E-state index in [0.29, 0.717) is 11.2 Å². The molecule has 3 rings (SSSR count). The zero-order valence-corrected chi connectivity index (χ0v) is 10.9. The number of nitrogens with zero attached hydrogens (tertiary/aromatic N) is 2. The van der Waals surface area contributed by atoms with Crippen LogP contribution in [0.5, 0.6) is 0 Å². The summed E-state index contributed by atoms with van der Waals surface area (Å²) in [5, 5.41) is 0. The first-order chi connectivity index (χ1) is 8.69. The standard InChI is InChI=1S/C14H20N2O2/c1-15-8-6-14(10-15)5-3-7-16(11-14)13(17)12-4-2-9-18-12/h2,4,9H,3,5-8,10-11H2,1H3/t14-/m0/s1. The van der Waals surface area contributed by atoms with Crippen LogP contribution in [0.25, 0.3) is 0 Å². The molecule has 2 aliphatic rings. The van der Waals surface area contributed by atoms with Gasteiger partial charge in [0.15, 0.2) is 5.76 Å². The Morgan fingerprint density at radius 3 is 2.89 bits per heavy atom. The molecule has 0 radical (unpaired) electrons. The molecule has 0 N–H and O–H groups in total. The lowest BCUT2D eigenvalue weighted by Gasteiger charge is -2.40. The van der Waals surface area contributed by atoms with Crippen LogP contribution in [0.15, 0.2) is 22.8 Å². The Morgan fingerprint density at radius 1 is 1.33 bits per heavy atom.